The van der Waals surface area contributed by atoms with Crippen molar-refractivity contribution in [3.05, 3.63) is 174 Å². The second kappa shape index (κ2) is 49.5. The number of nitrogens with two attached hydrogens (primary N) is 3. The third kappa shape index (κ3) is 29.2. The van der Waals surface area contributed by atoms with Gasteiger partial charge in [-0.3, -0.25) is 71.9 Å². The van der Waals surface area contributed by atoms with Crippen LogP contribution in [-0.2, 0) is 109 Å². The van der Waals surface area contributed by atoms with Gasteiger partial charge in [0.25, 0.3) is 0 Å². The van der Waals surface area contributed by atoms with Crippen LogP contribution in [0.2, 0.25) is 0 Å². The fraction of sp³-hybridized carbons (Fsp3) is 0.478. The highest BCUT2D eigenvalue weighted by atomic mass is 32.2. The van der Waals surface area contributed by atoms with E-state index >= 15 is 19.2 Å². The van der Waals surface area contributed by atoms with Gasteiger partial charge >= 0.3 is 5.97 Å². The van der Waals surface area contributed by atoms with Crippen molar-refractivity contribution < 1.29 is 86.9 Å². The lowest BCUT2D eigenvalue weighted by atomic mass is 9.98. The van der Waals surface area contributed by atoms with Crippen molar-refractivity contribution in [2.75, 3.05) is 58.8 Å². The Morgan fingerprint density at radius 3 is 1.65 bits per heavy atom. The number of aldehydes is 1. The molecule has 36 heteroatoms. The average Bonchev–Trinajstić information content (AvgIpc) is 1.04. The van der Waals surface area contributed by atoms with Gasteiger partial charge in [-0.05, 0) is 109 Å². The minimum absolute atomic E-state index is 0.00944. The van der Waals surface area contributed by atoms with Gasteiger partial charge in [-0.1, -0.05) is 169 Å². The van der Waals surface area contributed by atoms with Crippen LogP contribution in [0.1, 0.15) is 127 Å². The number of rotatable bonds is 49. The first kappa shape index (κ1) is 101. The molecule has 0 saturated carbocycles. The smallest absolute Gasteiger partial charge is 0.303 e. The van der Waals surface area contributed by atoms with Gasteiger partial charge < -0.3 is 104 Å². The van der Waals surface area contributed by atoms with Crippen molar-refractivity contribution in [2.45, 2.75) is 209 Å². The maximum Gasteiger partial charge on any atom is 0.303 e. The summed E-state index contributed by atoms with van der Waals surface area (Å²) in [6.07, 6.45) is 3.33. The number of nitrogens with one attached hydrogen (secondary N) is 9. The van der Waals surface area contributed by atoms with Crippen LogP contribution in [0.15, 0.2) is 146 Å². The van der Waals surface area contributed by atoms with E-state index in [0.29, 0.717) is 47.8 Å². The lowest BCUT2D eigenvalue weighted by molar-refractivity contribution is -0.152. The van der Waals surface area contributed by atoms with Crippen molar-refractivity contribution in [3.63, 3.8) is 0 Å². The molecule has 8 rings (SSSR count). The number of thioether (sulfide) groups is 1. The minimum atomic E-state index is -1.63. The standard InChI is InChI=1S/C92H123N17O18S/c1-9-10-32-74(105(6)90(125)76(47-59-28-18-13-19-29-59)107(8)88(123)69(45-57-24-14-11-15-25-57)99-78(113)54-128-53-71(82(117)97-51-77(95)112)103-84(119)68(43-55(2)3)101-81(116)65(94)44-60-35-37-63(111)38-36-60)91(126)109-42-23-34-73(109)86(121)100-67(39-40-79(114)115)83(118)104-80(56(4)5)92(127)106(7)75(46-58-26-16-12-17-27-58)87(122)102-70(49-93)89(124)108-41-22-33-72(108)85(120)98-62(52-110)48-61-50-96-66-31-21-20-30-64(61)66/h11-21,24-31,35-38,50,52,55-56,62,65,67-76,80,96,111H,9-10,22-23,32-34,39-49,51,53-54,93-94H2,1-8H3,(H2,95,112)(H,97,117)(H,98,120)(H,99,113)(H,100,121)(H,101,116)(H,102,122)(H,103,119)(H,104,118)(H,114,115)/t62-,65-,67-,68-,69-,70-,71-,72+,73+,74-,75-,76-,80-/m0/s1. The van der Waals surface area contributed by atoms with Gasteiger partial charge in [-0.15, -0.1) is 11.8 Å². The molecule has 17 N–H and O–H groups in total. The predicted molar refractivity (Wildman–Crippen MR) is 480 cm³/mol. The number of carbonyl (C=O) groups excluding carboxylic acids is 15. The lowest BCUT2D eigenvalue weighted by Crippen LogP contribution is -2.62. The molecule has 6 aromatic rings. The van der Waals surface area contributed by atoms with E-state index in [4.69, 9.17) is 17.2 Å². The van der Waals surface area contributed by atoms with Crippen molar-refractivity contribution in [1.82, 2.24) is 72.0 Å². The number of nitrogens with zero attached hydrogens (tertiary/aromatic N) is 5. The Morgan fingerprint density at radius 1 is 0.547 bits per heavy atom. The highest BCUT2D eigenvalue weighted by Crippen LogP contribution is 2.27. The number of aromatic amines is 1. The molecule has 0 aliphatic carbocycles. The Bertz CT molecular complexity index is 4810. The van der Waals surface area contributed by atoms with Crippen LogP contribution in [0.5, 0.6) is 5.75 Å². The number of hydrogen-bond donors (Lipinski definition) is 14. The maximum absolute atomic E-state index is 15.7. The fourth-order valence-electron chi connectivity index (χ4n) is 15.8. The van der Waals surface area contributed by atoms with Crippen molar-refractivity contribution in [1.29, 1.82) is 0 Å². The summed E-state index contributed by atoms with van der Waals surface area (Å²) in [5, 5.41) is 42.1. The van der Waals surface area contributed by atoms with E-state index in [9.17, 15) is 67.7 Å². The summed E-state index contributed by atoms with van der Waals surface area (Å²) in [5.74, 6) is -13.5. The molecule has 2 saturated heterocycles. The lowest BCUT2D eigenvalue weighted by Gasteiger charge is -2.38. The summed E-state index contributed by atoms with van der Waals surface area (Å²) in [7, 11) is 4.16. The molecular formula is C92H123N17O18S. The Kier molecular flexibility index (Phi) is 39.0. The second-order valence-corrected chi connectivity index (χ2v) is 34.4. The highest BCUT2D eigenvalue weighted by Gasteiger charge is 2.45. The van der Waals surface area contributed by atoms with Gasteiger partial charge in [0.05, 0.1) is 24.4 Å². The van der Waals surface area contributed by atoms with Crippen molar-refractivity contribution >= 4 is 118 Å². The molecule has 5 aromatic carbocycles. The number of phenols is 1. The van der Waals surface area contributed by atoms with Crippen LogP contribution in [0, 0.1) is 11.8 Å². The second-order valence-electron chi connectivity index (χ2n) is 33.4. The molecular weight excluding hydrogens is 1660 g/mol. The number of H-pyrrole nitrogens is 1. The van der Waals surface area contributed by atoms with E-state index in [1.54, 1.807) is 123 Å². The van der Waals surface area contributed by atoms with Gasteiger partial charge in [0.2, 0.25) is 82.7 Å². The number of carbonyl (C=O) groups is 16. The van der Waals surface area contributed by atoms with Crippen LogP contribution >= 0.6 is 11.8 Å². The van der Waals surface area contributed by atoms with Crippen molar-refractivity contribution in [3.8, 4) is 5.75 Å². The fourth-order valence-corrected chi connectivity index (χ4v) is 16.6. The molecule has 2 aliphatic rings. The number of phenolic OH excluding ortho intramolecular Hbond substituents is 1. The van der Waals surface area contributed by atoms with Crippen LogP contribution in [0.3, 0.4) is 0 Å². The first-order valence-electron chi connectivity index (χ1n) is 43.4. The quantitative estimate of drug-likeness (QED) is 0.0242. The highest BCUT2D eigenvalue weighted by molar-refractivity contribution is 8.00. The van der Waals surface area contributed by atoms with E-state index in [2.05, 4.69) is 47.5 Å². The van der Waals surface area contributed by atoms with E-state index in [0.717, 1.165) is 33.1 Å². The summed E-state index contributed by atoms with van der Waals surface area (Å²) in [5.41, 5.74) is 22.0. The molecule has 14 amide bonds. The van der Waals surface area contributed by atoms with Crippen LogP contribution in [-0.4, -0.2) is 272 Å². The first-order valence-corrected chi connectivity index (χ1v) is 44.5. The van der Waals surface area contributed by atoms with Crippen LogP contribution < -0.4 is 59.7 Å². The number of aliphatic carboxylic acids is 1. The average molecular weight is 1790 g/mol. The molecule has 0 radical (unpaired) electrons. The van der Waals surface area contributed by atoms with E-state index in [-0.39, 0.29) is 94.7 Å². The molecule has 3 heterocycles. The largest absolute Gasteiger partial charge is 0.508 e. The van der Waals surface area contributed by atoms with Crippen molar-refractivity contribution in [2.24, 2.45) is 29.0 Å². The molecule has 128 heavy (non-hydrogen) atoms. The van der Waals surface area contributed by atoms with E-state index in [1.807, 2.05) is 45.0 Å². The molecule has 35 nitrogen and oxygen atoms in total. The summed E-state index contributed by atoms with van der Waals surface area (Å²) in [6.45, 7) is 7.85. The molecule has 0 spiro atoms. The molecule has 1 aromatic heterocycles. The van der Waals surface area contributed by atoms with Gasteiger partial charge in [0.15, 0.2) is 0 Å². The topological polar surface area (TPSA) is 520 Å². The van der Waals surface area contributed by atoms with Gasteiger partial charge in [0, 0.05) is 95.7 Å². The monoisotopic (exact) mass is 1790 g/mol. The summed E-state index contributed by atoms with van der Waals surface area (Å²) >= 11 is 0.890. The zero-order chi connectivity index (χ0) is 93.4. The number of aromatic nitrogens is 1. The summed E-state index contributed by atoms with van der Waals surface area (Å²) in [6, 6.07) is 22.9. The summed E-state index contributed by atoms with van der Waals surface area (Å²) in [4.78, 5) is 236. The first-order chi connectivity index (χ1) is 61.1. The number of likely N-dealkylation sites (tertiary alicyclic amines) is 2. The Balaban J connectivity index is 0.962. The van der Waals surface area contributed by atoms with Gasteiger partial charge in [-0.2, -0.15) is 0 Å². The molecule has 690 valence electrons. The SMILES string of the molecule is CCCC[C@@H](C(=O)N1CCC[C@@H]1C(=O)N[C@@H](CCC(=O)O)C(=O)N[C@H](C(=O)N(C)[C@@H](Cc1ccccc1)C(=O)N[C@@H](CN)C(=O)N1CCC[C@@H]1C(=O)N[C@H](C=O)Cc1c[nH]c2ccccc12)C(C)C)N(C)C(=O)[C@H](Cc1ccccc1)N(C)C(=O)[C@H](Cc1ccccc1)NC(=O)CSC[C@H](NC(=O)[C@H](CC(C)C)NC(=O)[C@@H](N)Cc1ccc(O)cc1)C(=O)NCC(N)=O. The number of para-hydroxylation sites is 1. The number of likely N-dealkylation sites (N-methyl/N-ethyl adjacent to an activating group) is 3. The van der Waals surface area contributed by atoms with Crippen LogP contribution in [0.4, 0.5) is 0 Å². The number of hydrogen-bond acceptors (Lipinski definition) is 20. The number of amides is 14. The Morgan fingerprint density at radius 2 is 1.08 bits per heavy atom. The van der Waals surface area contributed by atoms with Gasteiger partial charge in [0.1, 0.15) is 78.5 Å². The number of carboxylic acids is 1. The van der Waals surface area contributed by atoms with E-state index in [1.165, 1.54) is 52.9 Å². The zero-order valence-corrected chi connectivity index (χ0v) is 74.6. The van der Waals surface area contributed by atoms with Gasteiger partial charge in [-0.25, -0.2) is 0 Å². The number of primary amides is 1. The molecule has 13 atom stereocenters. The minimum Gasteiger partial charge on any atom is -0.508 e. The van der Waals surface area contributed by atoms with Crippen LogP contribution in [0.25, 0.3) is 10.9 Å². The number of unbranched alkanes of at least 4 members (excludes halogenated alkanes) is 1. The third-order valence-electron chi connectivity index (χ3n) is 22.9. The number of aromatic hydroxyl groups is 1. The predicted octanol–water partition coefficient (Wildman–Crippen LogP) is 1.82. The zero-order valence-electron chi connectivity index (χ0n) is 73.7. The van der Waals surface area contributed by atoms with E-state index < -0.39 is 205 Å². The third-order valence-corrected chi connectivity index (χ3v) is 23.9. The normalized spacial score (nSPS) is 16.2. The summed E-state index contributed by atoms with van der Waals surface area (Å²) < 4.78 is 0. The Labute approximate surface area is 749 Å². The molecule has 2 aliphatic heterocycles. The molecule has 2 fully saturated rings. The molecule has 0 unspecified atom stereocenters. The number of carboxylic acid groups (broad SMARTS) is 1. The number of fused-ring (bicyclic) bond motifs is 1. The maximum atomic E-state index is 15.7. The Hall–Kier alpha value is -12.6. The molecule has 0 bridgehead atoms. The number of benzene rings is 5.